The summed E-state index contributed by atoms with van der Waals surface area (Å²) in [5.41, 5.74) is -1.02. The molecule has 8 heteroatoms. The minimum absolute atomic E-state index is 0.120. The molecule has 1 aromatic heterocycles. The van der Waals surface area contributed by atoms with Gasteiger partial charge in [-0.05, 0) is 15.9 Å². The lowest BCUT2D eigenvalue weighted by Crippen LogP contribution is -2.42. The third-order valence-electron chi connectivity index (χ3n) is 3.04. The van der Waals surface area contributed by atoms with Crippen LogP contribution in [0.15, 0.2) is 16.7 Å². The van der Waals surface area contributed by atoms with Crippen LogP contribution in [0.1, 0.15) is 12.8 Å². The Bertz CT molecular complexity index is 477. The number of hydrogen-bond acceptors (Lipinski definition) is 6. The highest BCUT2D eigenvalue weighted by atomic mass is 79.9. The van der Waals surface area contributed by atoms with Crippen LogP contribution in [0.5, 0.6) is 0 Å². The van der Waals surface area contributed by atoms with Crippen LogP contribution in [0, 0.1) is 10.1 Å². The van der Waals surface area contributed by atoms with Crippen molar-refractivity contribution in [1.82, 2.24) is 4.98 Å². The molecule has 7 nitrogen and oxygen atoms in total. The van der Waals surface area contributed by atoms with E-state index in [0.29, 0.717) is 30.5 Å². The zero-order valence-corrected chi connectivity index (χ0v) is 11.7. The van der Waals surface area contributed by atoms with E-state index in [9.17, 15) is 15.2 Å². The second kappa shape index (κ2) is 5.81. The zero-order valence-electron chi connectivity index (χ0n) is 10.1. The lowest BCUT2D eigenvalue weighted by molar-refractivity contribution is -0.384. The predicted octanol–water partition coefficient (Wildman–Crippen LogP) is 1.71. The standard InChI is InChI=1S/C11H14BrN3O4/c12-8-5-9(15(17)18)10(13-6-8)14-7-11(16)1-3-19-4-2-11/h5-6,16H,1-4,7H2,(H,13,14). The molecule has 2 heterocycles. The van der Waals surface area contributed by atoms with Crippen molar-refractivity contribution in [2.45, 2.75) is 18.4 Å². The monoisotopic (exact) mass is 331 g/mol. The van der Waals surface area contributed by atoms with Crippen LogP contribution in [0.2, 0.25) is 0 Å². The first kappa shape index (κ1) is 14.2. The number of ether oxygens (including phenoxy) is 1. The Balaban J connectivity index is 2.08. The second-order valence-electron chi connectivity index (χ2n) is 4.47. The molecule has 0 aromatic carbocycles. The first-order valence-electron chi connectivity index (χ1n) is 5.84. The van der Waals surface area contributed by atoms with Gasteiger partial charge < -0.3 is 15.2 Å². The number of pyridine rings is 1. The fraction of sp³-hybridized carbons (Fsp3) is 0.545. The van der Waals surface area contributed by atoms with Crippen molar-refractivity contribution >= 4 is 27.4 Å². The van der Waals surface area contributed by atoms with E-state index in [1.165, 1.54) is 12.3 Å². The molecule has 2 rings (SSSR count). The van der Waals surface area contributed by atoms with Crippen molar-refractivity contribution in [3.63, 3.8) is 0 Å². The topological polar surface area (TPSA) is 97.5 Å². The number of rotatable bonds is 4. The molecule has 1 saturated heterocycles. The highest BCUT2D eigenvalue weighted by Crippen LogP contribution is 2.27. The lowest BCUT2D eigenvalue weighted by Gasteiger charge is -2.32. The third kappa shape index (κ3) is 3.62. The van der Waals surface area contributed by atoms with Gasteiger partial charge in [0.2, 0.25) is 5.82 Å². The third-order valence-corrected chi connectivity index (χ3v) is 3.47. The van der Waals surface area contributed by atoms with Gasteiger partial charge >= 0.3 is 5.69 Å². The maximum Gasteiger partial charge on any atom is 0.312 e. The molecule has 0 radical (unpaired) electrons. The van der Waals surface area contributed by atoms with E-state index in [0.717, 1.165) is 0 Å². The van der Waals surface area contributed by atoms with E-state index >= 15 is 0 Å². The van der Waals surface area contributed by atoms with Gasteiger partial charge in [0.05, 0.1) is 10.5 Å². The number of anilines is 1. The van der Waals surface area contributed by atoms with Crippen LogP contribution >= 0.6 is 15.9 Å². The van der Waals surface area contributed by atoms with Crippen LogP contribution in [-0.2, 0) is 4.74 Å². The molecular weight excluding hydrogens is 318 g/mol. The van der Waals surface area contributed by atoms with Crippen LogP contribution in [-0.4, -0.2) is 40.4 Å². The number of nitro groups is 1. The maximum atomic E-state index is 10.9. The number of aliphatic hydroxyl groups is 1. The summed E-state index contributed by atoms with van der Waals surface area (Å²) in [6.07, 6.45) is 2.48. The predicted molar refractivity (Wildman–Crippen MR) is 72.1 cm³/mol. The number of aromatic nitrogens is 1. The highest BCUT2D eigenvalue weighted by Gasteiger charge is 2.30. The number of nitrogens with one attached hydrogen (secondary N) is 1. The van der Waals surface area contributed by atoms with Crippen molar-refractivity contribution < 1.29 is 14.8 Å². The Morgan fingerprint density at radius 3 is 2.89 bits per heavy atom. The lowest BCUT2D eigenvalue weighted by atomic mass is 9.94. The van der Waals surface area contributed by atoms with E-state index < -0.39 is 10.5 Å². The maximum absolute atomic E-state index is 10.9. The summed E-state index contributed by atoms with van der Waals surface area (Å²) in [4.78, 5) is 14.4. The van der Waals surface area contributed by atoms with E-state index in [1.54, 1.807) is 0 Å². The average Bonchev–Trinajstić information content (AvgIpc) is 2.38. The minimum atomic E-state index is -0.902. The molecule has 1 aliphatic rings. The van der Waals surface area contributed by atoms with Crippen LogP contribution < -0.4 is 5.32 Å². The van der Waals surface area contributed by atoms with Gasteiger partial charge in [0.25, 0.3) is 0 Å². The molecule has 0 atom stereocenters. The van der Waals surface area contributed by atoms with Crippen LogP contribution in [0.25, 0.3) is 0 Å². The van der Waals surface area contributed by atoms with Gasteiger partial charge in [0.15, 0.2) is 0 Å². The molecule has 19 heavy (non-hydrogen) atoms. The molecule has 0 amide bonds. The summed E-state index contributed by atoms with van der Waals surface area (Å²) in [5.74, 6) is 0.160. The fourth-order valence-corrected chi connectivity index (χ4v) is 2.20. The number of nitrogens with zero attached hydrogens (tertiary/aromatic N) is 2. The zero-order chi connectivity index (χ0) is 13.9. The average molecular weight is 332 g/mol. The van der Waals surface area contributed by atoms with Crippen molar-refractivity contribution in [3.05, 3.63) is 26.9 Å². The van der Waals surface area contributed by atoms with Gasteiger partial charge in [-0.3, -0.25) is 10.1 Å². The molecule has 0 unspecified atom stereocenters. The summed E-state index contributed by atoms with van der Waals surface area (Å²) < 4.78 is 5.71. The molecule has 0 saturated carbocycles. The van der Waals surface area contributed by atoms with E-state index in [1.807, 2.05) is 0 Å². The molecule has 0 aliphatic carbocycles. The van der Waals surface area contributed by atoms with E-state index in [-0.39, 0.29) is 18.1 Å². The summed E-state index contributed by atoms with van der Waals surface area (Å²) >= 11 is 3.14. The van der Waals surface area contributed by atoms with Crippen molar-refractivity contribution in [1.29, 1.82) is 0 Å². The molecule has 0 spiro atoms. The van der Waals surface area contributed by atoms with Crippen LogP contribution in [0.4, 0.5) is 11.5 Å². The Kier molecular flexibility index (Phi) is 4.33. The Labute approximate surface area is 118 Å². The second-order valence-corrected chi connectivity index (χ2v) is 5.38. The molecule has 1 aliphatic heterocycles. The van der Waals surface area contributed by atoms with E-state index in [4.69, 9.17) is 4.74 Å². The molecule has 1 aromatic rings. The van der Waals surface area contributed by atoms with E-state index in [2.05, 4.69) is 26.2 Å². The first-order valence-corrected chi connectivity index (χ1v) is 6.63. The molecule has 1 fully saturated rings. The largest absolute Gasteiger partial charge is 0.388 e. The quantitative estimate of drug-likeness (QED) is 0.643. The first-order chi connectivity index (χ1) is 9.00. The Hall–Kier alpha value is -1.25. The summed E-state index contributed by atoms with van der Waals surface area (Å²) in [5, 5.41) is 24.0. The summed E-state index contributed by atoms with van der Waals surface area (Å²) in [6, 6.07) is 1.38. The normalized spacial score (nSPS) is 18.0. The Morgan fingerprint density at radius 1 is 1.58 bits per heavy atom. The summed E-state index contributed by atoms with van der Waals surface area (Å²) in [7, 11) is 0. The number of hydrogen-bond donors (Lipinski definition) is 2. The van der Waals surface area contributed by atoms with Crippen molar-refractivity contribution in [2.75, 3.05) is 25.1 Å². The van der Waals surface area contributed by atoms with Gasteiger partial charge in [-0.25, -0.2) is 4.98 Å². The van der Waals surface area contributed by atoms with Gasteiger partial charge in [0, 0.05) is 49.3 Å². The molecule has 104 valence electrons. The highest BCUT2D eigenvalue weighted by molar-refractivity contribution is 9.10. The van der Waals surface area contributed by atoms with Gasteiger partial charge in [-0.15, -0.1) is 0 Å². The van der Waals surface area contributed by atoms with Crippen molar-refractivity contribution in [3.8, 4) is 0 Å². The SMILES string of the molecule is O=[N+]([O-])c1cc(Br)cnc1NCC1(O)CCOCC1. The van der Waals surface area contributed by atoms with Crippen LogP contribution in [0.3, 0.4) is 0 Å². The van der Waals surface area contributed by atoms with Gasteiger partial charge in [0.1, 0.15) is 0 Å². The molecule has 2 N–H and O–H groups in total. The van der Waals surface area contributed by atoms with Gasteiger partial charge in [-0.1, -0.05) is 0 Å². The number of halogens is 1. The molecular formula is C11H14BrN3O4. The fourth-order valence-electron chi connectivity index (χ4n) is 1.88. The summed E-state index contributed by atoms with van der Waals surface area (Å²) in [6.45, 7) is 1.20. The van der Waals surface area contributed by atoms with Crippen molar-refractivity contribution in [2.24, 2.45) is 0 Å². The smallest absolute Gasteiger partial charge is 0.312 e. The minimum Gasteiger partial charge on any atom is -0.388 e. The molecule has 0 bridgehead atoms. The van der Waals surface area contributed by atoms with Gasteiger partial charge in [-0.2, -0.15) is 0 Å². The Morgan fingerprint density at radius 2 is 2.26 bits per heavy atom.